The van der Waals surface area contributed by atoms with Crippen LogP contribution in [0.1, 0.15) is 48.6 Å². The van der Waals surface area contributed by atoms with E-state index in [1.807, 2.05) is 24.4 Å². The Bertz CT molecular complexity index is 992. The van der Waals surface area contributed by atoms with Gasteiger partial charge in [-0.05, 0) is 78.0 Å². The first-order chi connectivity index (χ1) is 13.8. The smallest absolute Gasteiger partial charge is 0.123 e. The van der Waals surface area contributed by atoms with Gasteiger partial charge in [0.25, 0.3) is 0 Å². The third-order valence-electron chi connectivity index (χ3n) is 6.34. The maximum absolute atomic E-state index is 13.5. The summed E-state index contributed by atoms with van der Waals surface area (Å²) in [5.74, 6) is 1.75. The summed E-state index contributed by atoms with van der Waals surface area (Å²) < 4.78 is 18.1. The molecule has 0 amide bonds. The Labute approximate surface area is 169 Å². The zero-order valence-corrected chi connectivity index (χ0v) is 16.5. The van der Waals surface area contributed by atoms with Gasteiger partial charge >= 0.3 is 0 Å². The minimum absolute atomic E-state index is 0.221. The third kappa shape index (κ3) is 3.42. The van der Waals surface area contributed by atoms with Crippen LogP contribution in [0.15, 0.2) is 54.1 Å². The number of fused-ring (bicyclic) bond motifs is 2. The molecule has 0 spiro atoms. The van der Waals surface area contributed by atoms with E-state index in [1.54, 1.807) is 23.7 Å². The molecule has 2 aliphatic carbocycles. The minimum Gasteiger partial charge on any atom is -0.256 e. The van der Waals surface area contributed by atoms with Crippen LogP contribution >= 0.6 is 11.5 Å². The van der Waals surface area contributed by atoms with Crippen LogP contribution in [-0.4, -0.2) is 9.36 Å². The van der Waals surface area contributed by atoms with Gasteiger partial charge in [0.15, 0.2) is 0 Å². The Morgan fingerprint density at radius 2 is 2.00 bits per heavy atom. The number of pyridine rings is 1. The molecule has 2 heterocycles. The van der Waals surface area contributed by atoms with E-state index in [-0.39, 0.29) is 5.82 Å². The van der Waals surface area contributed by atoms with Crippen molar-refractivity contribution in [2.24, 2.45) is 11.8 Å². The molecular formula is C24H23FN2S. The number of hydrogen-bond donors (Lipinski definition) is 0. The monoisotopic (exact) mass is 390 g/mol. The molecule has 2 aromatic heterocycles. The first-order valence-electron chi connectivity index (χ1n) is 10.1. The maximum atomic E-state index is 13.5. The average molecular weight is 391 g/mol. The molecule has 0 aliphatic heterocycles. The van der Waals surface area contributed by atoms with Gasteiger partial charge in [-0.1, -0.05) is 37.1 Å². The van der Waals surface area contributed by atoms with E-state index in [2.05, 4.69) is 26.9 Å². The highest BCUT2D eigenvalue weighted by molar-refractivity contribution is 7.03. The van der Waals surface area contributed by atoms with E-state index >= 15 is 0 Å². The number of hydrogen-bond acceptors (Lipinski definition) is 3. The normalized spacial score (nSPS) is 24.1. The Balaban J connectivity index is 1.39. The van der Waals surface area contributed by atoms with Crippen molar-refractivity contribution in [2.75, 3.05) is 0 Å². The summed E-state index contributed by atoms with van der Waals surface area (Å²) in [4.78, 5) is 4.59. The van der Waals surface area contributed by atoms with Crippen LogP contribution < -0.4 is 0 Å². The van der Waals surface area contributed by atoms with Crippen molar-refractivity contribution < 1.29 is 4.39 Å². The van der Waals surface area contributed by atoms with Gasteiger partial charge < -0.3 is 0 Å². The lowest BCUT2D eigenvalue weighted by atomic mass is 9.65. The second-order valence-electron chi connectivity index (χ2n) is 8.00. The minimum atomic E-state index is -0.221. The quantitative estimate of drug-likeness (QED) is 0.510. The van der Waals surface area contributed by atoms with Crippen molar-refractivity contribution in [3.05, 3.63) is 76.8 Å². The van der Waals surface area contributed by atoms with Crippen molar-refractivity contribution >= 4 is 17.6 Å². The standard InChI is InChI=1S/C24H23FN2S/c25-19-6-3-5-16(12-19)18-8-9-20(26-14-18)10-11-22-21-7-2-1-4-17(21)13-24-23(22)15-28-27-24/h3,5-6,8-12,14-15,17,21-22H,1-2,4,7,13H2/b11-10+. The second-order valence-corrected chi connectivity index (χ2v) is 8.63. The van der Waals surface area contributed by atoms with Gasteiger partial charge in [0, 0.05) is 23.1 Å². The molecule has 28 heavy (non-hydrogen) atoms. The number of nitrogens with zero attached hydrogens (tertiary/aromatic N) is 2. The zero-order valence-electron chi connectivity index (χ0n) is 15.7. The fraction of sp³-hybridized carbons (Fsp3) is 0.333. The lowest BCUT2D eigenvalue weighted by Gasteiger charge is -2.39. The molecule has 1 aromatic carbocycles. The van der Waals surface area contributed by atoms with Crippen molar-refractivity contribution in [3.8, 4) is 11.1 Å². The van der Waals surface area contributed by atoms with Crippen molar-refractivity contribution in [1.29, 1.82) is 0 Å². The topological polar surface area (TPSA) is 25.8 Å². The molecule has 3 unspecified atom stereocenters. The van der Waals surface area contributed by atoms with E-state index < -0.39 is 0 Å². The number of aromatic nitrogens is 2. The Morgan fingerprint density at radius 1 is 1.07 bits per heavy atom. The lowest BCUT2D eigenvalue weighted by molar-refractivity contribution is 0.202. The van der Waals surface area contributed by atoms with Crippen LogP contribution in [0.2, 0.25) is 0 Å². The highest BCUT2D eigenvalue weighted by Gasteiger charge is 2.37. The largest absolute Gasteiger partial charge is 0.256 e. The SMILES string of the molecule is Fc1cccc(-c2ccc(/C=C/C3c4csnc4CC4CCCCC43)nc2)c1. The van der Waals surface area contributed by atoms with E-state index in [4.69, 9.17) is 0 Å². The molecule has 0 N–H and O–H groups in total. The average Bonchev–Trinajstić information content (AvgIpc) is 3.20. The van der Waals surface area contributed by atoms with Crippen LogP contribution in [0.25, 0.3) is 17.2 Å². The number of allylic oxidation sites excluding steroid dienone is 1. The summed E-state index contributed by atoms with van der Waals surface area (Å²) >= 11 is 1.60. The molecule has 4 heteroatoms. The fourth-order valence-electron chi connectivity index (χ4n) is 4.93. The molecule has 142 valence electrons. The number of benzene rings is 1. The van der Waals surface area contributed by atoms with Crippen LogP contribution in [-0.2, 0) is 6.42 Å². The summed E-state index contributed by atoms with van der Waals surface area (Å²) in [7, 11) is 0. The highest BCUT2D eigenvalue weighted by atomic mass is 32.1. The van der Waals surface area contributed by atoms with Crippen LogP contribution in [0.4, 0.5) is 4.39 Å². The van der Waals surface area contributed by atoms with Gasteiger partial charge in [-0.25, -0.2) is 4.39 Å². The van der Waals surface area contributed by atoms with Crippen molar-refractivity contribution in [2.45, 2.75) is 38.0 Å². The van der Waals surface area contributed by atoms with E-state index in [1.165, 1.54) is 43.0 Å². The summed E-state index contributed by atoms with van der Waals surface area (Å²) in [5.41, 5.74) is 5.49. The third-order valence-corrected chi connectivity index (χ3v) is 7.02. The summed E-state index contributed by atoms with van der Waals surface area (Å²) in [6.07, 6.45) is 12.9. The van der Waals surface area contributed by atoms with E-state index in [0.717, 1.165) is 35.1 Å². The molecule has 0 radical (unpaired) electrons. The Morgan fingerprint density at radius 3 is 2.86 bits per heavy atom. The second kappa shape index (κ2) is 7.59. The predicted octanol–water partition coefficient (Wildman–Crippen LogP) is 6.50. The summed E-state index contributed by atoms with van der Waals surface area (Å²) in [6.45, 7) is 0. The molecule has 3 atom stereocenters. The van der Waals surface area contributed by atoms with E-state index in [9.17, 15) is 4.39 Å². The molecule has 2 aliphatic rings. The van der Waals surface area contributed by atoms with Gasteiger partial charge in [0.05, 0.1) is 11.4 Å². The first-order valence-corrected chi connectivity index (χ1v) is 10.9. The highest BCUT2D eigenvalue weighted by Crippen LogP contribution is 2.47. The van der Waals surface area contributed by atoms with Crippen molar-refractivity contribution in [1.82, 2.24) is 9.36 Å². The van der Waals surface area contributed by atoms with Crippen LogP contribution in [0, 0.1) is 17.7 Å². The Hall–Kier alpha value is -2.33. The van der Waals surface area contributed by atoms with E-state index in [0.29, 0.717) is 5.92 Å². The predicted molar refractivity (Wildman–Crippen MR) is 113 cm³/mol. The fourth-order valence-corrected chi connectivity index (χ4v) is 5.69. The van der Waals surface area contributed by atoms with Gasteiger partial charge in [0.2, 0.25) is 0 Å². The van der Waals surface area contributed by atoms with Gasteiger partial charge in [0.1, 0.15) is 5.82 Å². The molecule has 1 fully saturated rings. The molecule has 1 saturated carbocycles. The first kappa shape index (κ1) is 17.7. The molecule has 0 saturated heterocycles. The molecular weight excluding hydrogens is 367 g/mol. The molecule has 3 aromatic rings. The van der Waals surface area contributed by atoms with Gasteiger partial charge in [-0.3, -0.25) is 4.98 Å². The lowest BCUT2D eigenvalue weighted by Crippen LogP contribution is -2.31. The summed E-state index contributed by atoms with van der Waals surface area (Å²) in [6, 6.07) is 10.7. The van der Waals surface area contributed by atoms with Crippen LogP contribution in [0.5, 0.6) is 0 Å². The molecule has 0 bridgehead atoms. The van der Waals surface area contributed by atoms with Gasteiger partial charge in [-0.15, -0.1) is 0 Å². The van der Waals surface area contributed by atoms with Crippen molar-refractivity contribution in [3.63, 3.8) is 0 Å². The van der Waals surface area contributed by atoms with Gasteiger partial charge in [-0.2, -0.15) is 4.37 Å². The molecule has 2 nitrogen and oxygen atoms in total. The Kier molecular flexibility index (Phi) is 4.81. The number of halogens is 1. The zero-order chi connectivity index (χ0) is 18.9. The number of rotatable bonds is 3. The summed E-state index contributed by atoms with van der Waals surface area (Å²) in [5, 5.41) is 2.25. The van der Waals surface area contributed by atoms with Crippen LogP contribution in [0.3, 0.4) is 0 Å². The maximum Gasteiger partial charge on any atom is 0.123 e. The molecule has 5 rings (SSSR count).